The van der Waals surface area contributed by atoms with E-state index in [1.165, 1.54) is 43.5 Å². The first-order valence-corrected chi connectivity index (χ1v) is 55.0. The molecule has 0 unspecified atom stereocenters. The van der Waals surface area contributed by atoms with Gasteiger partial charge in [0.25, 0.3) is 16.7 Å². The third-order valence-corrected chi connectivity index (χ3v) is 44.5. The Balaban J connectivity index is 0.000000148. The predicted molar refractivity (Wildman–Crippen MR) is 552 cm³/mol. The van der Waals surface area contributed by atoms with Gasteiger partial charge in [-0.15, -0.1) is 22.7 Å². The van der Waals surface area contributed by atoms with Gasteiger partial charge >= 0.3 is 135 Å². The van der Waals surface area contributed by atoms with E-state index in [1.54, 1.807) is 121 Å². The van der Waals surface area contributed by atoms with Crippen molar-refractivity contribution < 1.29 is 10.0 Å². The summed E-state index contributed by atoms with van der Waals surface area (Å²) in [5.74, 6) is 2.18. The molecule has 0 saturated heterocycles. The average Bonchev–Trinajstić information content (AvgIpc) is 1.13. The predicted octanol–water partition coefficient (Wildman–Crippen LogP) is 21.5. The minimum Gasteiger partial charge on any atom is -0.423 e. The molecule has 17 rings (SSSR count). The van der Waals surface area contributed by atoms with Gasteiger partial charge < -0.3 is 43.2 Å². The van der Waals surface area contributed by atoms with Gasteiger partial charge in [0.1, 0.15) is 17.5 Å². The SMILES string of the molecule is CCC[CH2][Sn]([CH2]CCC)([CH2]CCC)[c]1cnc(C)s1.C[C@H](Nc1nc(N)ncc1Br)c1cc2cccc(Cl)c2c(=O)n1-c1ccccc1.Cc1cc(-c2cccc3cc([C@H](C)Nc4nc(N)ncc4-c4cnc(C)s4)n(-c4ccccc4)c(=O)c23)ccn1.Cc1cc(B(O)O)ccn1.Cc1ncc(-c2cnc(N)nc2N[C@@H](C)c2cc3cccc(Cl)c3c(=O)n2-c2ccccc2)s1. The second-order valence-electron chi connectivity index (χ2n) is 31.9. The van der Waals surface area contributed by atoms with Crippen LogP contribution in [-0.2, 0) is 0 Å². The number of benzene rings is 6. The smallest absolute Gasteiger partial charge is 0.423 e. The number of rotatable bonds is 26. The number of hydrogen-bond donors (Lipinski definition) is 8. The van der Waals surface area contributed by atoms with Crippen molar-refractivity contribution in [3.8, 4) is 49.1 Å². The molecule has 33 heteroatoms. The van der Waals surface area contributed by atoms with Crippen LogP contribution in [0.2, 0.25) is 23.4 Å². The molecule has 0 fully saturated rings. The molecule has 0 amide bonds. The number of fused-ring (bicyclic) bond motifs is 3. The van der Waals surface area contributed by atoms with Crippen LogP contribution in [0.5, 0.6) is 0 Å². The molecule has 11 heterocycles. The van der Waals surface area contributed by atoms with Crippen LogP contribution in [0.3, 0.4) is 0 Å². The van der Waals surface area contributed by atoms with Crippen molar-refractivity contribution in [1.82, 2.24) is 68.5 Å². The number of nitrogens with zero attached hydrogens (tertiary/aromatic N) is 14. The monoisotopic (exact) mass is 2030 g/mol. The Hall–Kier alpha value is -12.0. The summed E-state index contributed by atoms with van der Waals surface area (Å²) >= 11 is 19.2. The molecule has 11 N–H and O–H groups in total. The van der Waals surface area contributed by atoms with Crippen molar-refractivity contribution in [1.29, 1.82) is 0 Å². The van der Waals surface area contributed by atoms with E-state index in [0.717, 1.165) is 104 Å². The third-order valence-electron chi connectivity index (χ3n) is 22.3. The number of aromatic nitrogens is 14. The molecule has 3 atom stereocenters. The van der Waals surface area contributed by atoms with Crippen molar-refractivity contribution in [2.75, 3.05) is 33.2 Å². The molecule has 0 bridgehead atoms. The van der Waals surface area contributed by atoms with E-state index < -0.39 is 25.5 Å². The molecule has 0 aliphatic heterocycles. The molecular formula is C99H104BBrCl2N20O5S3Sn. The quantitative estimate of drug-likeness (QED) is 0.0233. The zero-order chi connectivity index (χ0) is 93.9. The number of nitrogens with two attached hydrogens (primary N) is 3. The van der Waals surface area contributed by atoms with Crippen LogP contribution in [0.25, 0.3) is 81.4 Å². The van der Waals surface area contributed by atoms with Crippen molar-refractivity contribution in [2.45, 2.75) is 146 Å². The molecule has 17 aromatic rings. The van der Waals surface area contributed by atoms with Gasteiger partial charge in [-0.2, -0.15) is 15.0 Å². The van der Waals surface area contributed by atoms with Gasteiger partial charge in [0.15, 0.2) is 0 Å². The van der Waals surface area contributed by atoms with Crippen molar-refractivity contribution in [3.63, 3.8) is 0 Å². The number of thiazole rings is 3. The van der Waals surface area contributed by atoms with Gasteiger partial charge in [-0.3, -0.25) is 38.1 Å². The van der Waals surface area contributed by atoms with Crippen LogP contribution in [-0.4, -0.2) is 104 Å². The second-order valence-corrected chi connectivity index (χ2v) is 51.5. The van der Waals surface area contributed by atoms with E-state index >= 15 is 0 Å². The zero-order valence-electron chi connectivity index (χ0n) is 75.2. The molecule has 6 aromatic carbocycles. The van der Waals surface area contributed by atoms with E-state index in [2.05, 4.69) is 127 Å². The number of hydrogen-bond acceptors (Lipinski definition) is 25. The Labute approximate surface area is 801 Å². The Kier molecular flexibility index (Phi) is 33.6. The Morgan fingerprint density at radius 1 is 0.424 bits per heavy atom. The van der Waals surface area contributed by atoms with Crippen molar-refractivity contribution in [2.24, 2.45) is 0 Å². The van der Waals surface area contributed by atoms with Crippen LogP contribution in [0.15, 0.2) is 256 Å². The van der Waals surface area contributed by atoms with Crippen LogP contribution >= 0.6 is 73.1 Å². The minimum absolute atomic E-state index is 0.0991. The van der Waals surface area contributed by atoms with Crippen LogP contribution < -0.4 is 58.2 Å². The Morgan fingerprint density at radius 3 is 1.19 bits per heavy atom. The number of aryl methyl sites for hydroxylation is 5. The van der Waals surface area contributed by atoms with Gasteiger partial charge in [0.2, 0.25) is 17.8 Å². The molecule has 0 aliphatic rings. The summed E-state index contributed by atoms with van der Waals surface area (Å²) in [6, 6.07) is 57.8. The first-order valence-electron chi connectivity index (χ1n) is 43.5. The molecule has 676 valence electrons. The van der Waals surface area contributed by atoms with Crippen molar-refractivity contribution >= 4 is 175 Å². The Bertz CT molecular complexity index is 7040. The number of nitrogen functional groups attached to an aromatic ring is 3. The van der Waals surface area contributed by atoms with E-state index in [-0.39, 0.29) is 52.6 Å². The molecule has 0 radical (unpaired) electrons. The first kappa shape index (κ1) is 97.6. The topological polar surface area (TPSA) is 362 Å². The van der Waals surface area contributed by atoms with Gasteiger partial charge in [-0.05, 0) is 188 Å². The van der Waals surface area contributed by atoms with Crippen LogP contribution in [0.4, 0.5) is 35.3 Å². The number of nitrogens with one attached hydrogen (secondary N) is 3. The fourth-order valence-electron chi connectivity index (χ4n) is 15.8. The molecule has 25 nitrogen and oxygen atoms in total. The van der Waals surface area contributed by atoms with Gasteiger partial charge in [0, 0.05) is 88.9 Å². The summed E-state index contributed by atoms with van der Waals surface area (Å²) in [4.78, 5) is 90.5. The summed E-state index contributed by atoms with van der Waals surface area (Å²) in [5.41, 5.74) is 27.3. The summed E-state index contributed by atoms with van der Waals surface area (Å²) in [5, 5.41) is 35.7. The third kappa shape index (κ3) is 23.7. The maximum Gasteiger partial charge on any atom is 0.488 e. The fourth-order valence-corrected chi connectivity index (χ4v) is 38.2. The first-order chi connectivity index (χ1) is 63.6. The standard InChI is InChI=1S/C31H27N7OS.C25H21ClN6OS.C21H17BrClN5O.C6H8BNO2.C4H4NS.3C4H9.Sn/c1-18-14-21(12-13-33-18)24-11-7-8-22-15-26(38(30(39)28(22)24)23-9-5-4-6-10-23)19(2)36-29-25(16-35-31(32)37-29)27-17-34-20(3)40-27;1-14(30-23-18(12-29-25(27)31-23)21-13-28-15(2)34-21)20-11-16-7-6-10-19(26)22(16)24(33)32(20)17-8-4-3-5-9-17;1-12(26-19-15(22)11-25-21(24)27-19)17-10-13-6-5-9-16(23)18(13)20(29)28(17)14-7-3-2-4-8-14;1-5-4-6(7(9)10)2-3-8-5;1-4-5-2-3-6-4;3*1-3-4-2;/h4-17,19H,1-3H3,(H3,32,35,36,37);3-14H,1-2H3,(H3,27,29,30,31);2-12H,1H3,(H3,24,25,26,27);2-4,9-10H,1H3;2H,1H3;3*1,3-4H2,2H3;/t19-;14-;12-;;;;;;/m000....../s1. The molecule has 11 aromatic heterocycles. The molecule has 0 aliphatic carbocycles. The van der Waals surface area contributed by atoms with Gasteiger partial charge in [-0.1, -0.05) is 120 Å². The van der Waals surface area contributed by atoms with E-state index in [4.69, 9.17) is 50.5 Å². The number of para-hydroxylation sites is 3. The molecule has 132 heavy (non-hydrogen) atoms. The number of pyridine rings is 5. The molecule has 0 saturated carbocycles. The number of halogens is 3. The van der Waals surface area contributed by atoms with Crippen LogP contribution in [0.1, 0.15) is 142 Å². The van der Waals surface area contributed by atoms with Crippen molar-refractivity contribution in [3.05, 3.63) is 327 Å². The number of anilines is 6. The van der Waals surface area contributed by atoms with E-state index in [9.17, 15) is 14.4 Å². The zero-order valence-corrected chi connectivity index (χ0v) is 83.6. The van der Waals surface area contributed by atoms with Crippen LogP contribution in [0, 0.1) is 34.6 Å². The maximum absolute atomic E-state index is 14.4. The Morgan fingerprint density at radius 2 is 0.803 bits per heavy atom. The number of unbranched alkanes of at least 4 members (excludes halogenated alkanes) is 3. The summed E-state index contributed by atoms with van der Waals surface area (Å²) in [7, 11) is -1.39. The summed E-state index contributed by atoms with van der Waals surface area (Å²) in [6.45, 7) is 22.8. The minimum atomic E-state index is -2.12. The average molecular weight is 2030 g/mol. The molecule has 0 spiro atoms. The normalized spacial score (nSPS) is 11.8. The van der Waals surface area contributed by atoms with Gasteiger partial charge in [0.05, 0.1) is 79.7 Å². The van der Waals surface area contributed by atoms with Gasteiger partial charge in [-0.25, -0.2) is 24.9 Å². The fraction of sp³-hybridized carbons (Fsp3) is 0.232. The molecular weight excluding hydrogens is 1930 g/mol. The second kappa shape index (κ2) is 45.4. The summed E-state index contributed by atoms with van der Waals surface area (Å²) < 4.78 is 12.3. The largest absolute Gasteiger partial charge is 0.488 e. The van der Waals surface area contributed by atoms with E-state index in [0.29, 0.717) is 53.6 Å². The van der Waals surface area contributed by atoms with E-state index in [1.807, 2.05) is 217 Å². The summed E-state index contributed by atoms with van der Waals surface area (Å²) in [6.07, 6.45) is 22.6. The maximum atomic E-state index is 14.4.